The zero-order valence-electron chi connectivity index (χ0n) is 18.8. The van der Waals surface area contributed by atoms with Crippen molar-refractivity contribution in [3.63, 3.8) is 0 Å². The fraction of sp³-hybridized carbons (Fsp3) is 0.200. The minimum absolute atomic E-state index is 0.0997. The summed E-state index contributed by atoms with van der Waals surface area (Å²) in [6.45, 7) is 2.52. The number of carbonyl (C=O) groups is 2. The highest BCUT2D eigenvalue weighted by atomic mass is 32.2. The van der Waals surface area contributed by atoms with Crippen LogP contribution >= 0.6 is 0 Å². The van der Waals surface area contributed by atoms with E-state index in [1.54, 1.807) is 30.3 Å². The Labute approximate surface area is 203 Å². The lowest BCUT2D eigenvalue weighted by Crippen LogP contribution is -2.36. The number of benzene rings is 3. The number of esters is 1. The summed E-state index contributed by atoms with van der Waals surface area (Å²) >= 11 is 0. The van der Waals surface area contributed by atoms with Gasteiger partial charge in [-0.2, -0.15) is 0 Å². The smallest absolute Gasteiger partial charge is 0.338 e. The largest absolute Gasteiger partial charge is 0.452 e. The summed E-state index contributed by atoms with van der Waals surface area (Å²) in [5, 5.41) is 2.69. The van der Waals surface area contributed by atoms with Crippen molar-refractivity contribution in [1.82, 2.24) is 0 Å². The molecule has 9 nitrogen and oxygen atoms in total. The summed E-state index contributed by atoms with van der Waals surface area (Å²) in [7, 11) is -3.80. The summed E-state index contributed by atoms with van der Waals surface area (Å²) in [5.41, 5.74) is 1.94. The van der Waals surface area contributed by atoms with Crippen molar-refractivity contribution in [2.75, 3.05) is 47.8 Å². The molecule has 1 amide bonds. The molecule has 182 valence electrons. The third kappa shape index (κ3) is 6.58. The van der Waals surface area contributed by atoms with E-state index >= 15 is 0 Å². The molecule has 1 fully saturated rings. The number of hydrogen-bond donors (Lipinski definition) is 2. The van der Waals surface area contributed by atoms with Crippen molar-refractivity contribution in [1.29, 1.82) is 0 Å². The number of rotatable bonds is 8. The topological polar surface area (TPSA) is 114 Å². The van der Waals surface area contributed by atoms with E-state index in [4.69, 9.17) is 9.47 Å². The number of nitrogens with zero attached hydrogens (tertiary/aromatic N) is 1. The lowest BCUT2D eigenvalue weighted by molar-refractivity contribution is -0.119. The second kappa shape index (κ2) is 11.0. The van der Waals surface area contributed by atoms with Gasteiger partial charge in [0.05, 0.1) is 23.7 Å². The van der Waals surface area contributed by atoms with E-state index in [0.29, 0.717) is 18.9 Å². The molecule has 0 saturated carbocycles. The number of amides is 1. The van der Waals surface area contributed by atoms with Crippen LogP contribution in [0.4, 0.5) is 17.1 Å². The Morgan fingerprint density at radius 3 is 2.31 bits per heavy atom. The van der Waals surface area contributed by atoms with Gasteiger partial charge < -0.3 is 19.7 Å². The molecule has 10 heteroatoms. The zero-order chi connectivity index (χ0) is 24.7. The summed E-state index contributed by atoms with van der Waals surface area (Å²) in [6.07, 6.45) is 0. The van der Waals surface area contributed by atoms with E-state index in [1.807, 2.05) is 12.1 Å². The summed E-state index contributed by atoms with van der Waals surface area (Å²) < 4.78 is 37.9. The van der Waals surface area contributed by atoms with Crippen molar-refractivity contribution < 1.29 is 27.5 Å². The van der Waals surface area contributed by atoms with Gasteiger partial charge >= 0.3 is 5.97 Å². The number of sulfonamides is 1. The maximum Gasteiger partial charge on any atom is 0.338 e. The SMILES string of the molecule is O=C(COC(=O)c1cccc(NS(=O)(=O)c2ccccc2)c1)Nc1ccc(N2CCOCC2)cc1. The van der Waals surface area contributed by atoms with Crippen LogP contribution in [0.5, 0.6) is 0 Å². The van der Waals surface area contributed by atoms with Gasteiger partial charge in [-0.25, -0.2) is 13.2 Å². The molecule has 2 N–H and O–H groups in total. The number of carbonyl (C=O) groups excluding carboxylic acids is 2. The number of anilines is 3. The lowest BCUT2D eigenvalue weighted by Gasteiger charge is -2.28. The van der Waals surface area contributed by atoms with Crippen LogP contribution in [0.1, 0.15) is 10.4 Å². The van der Waals surface area contributed by atoms with Crippen molar-refractivity contribution in [3.05, 3.63) is 84.4 Å². The van der Waals surface area contributed by atoms with Crippen molar-refractivity contribution in [3.8, 4) is 0 Å². The number of morpholine rings is 1. The molecule has 1 aliphatic rings. The minimum atomic E-state index is -3.80. The van der Waals surface area contributed by atoms with Gasteiger partial charge in [0, 0.05) is 30.2 Å². The first-order valence-corrected chi connectivity index (χ1v) is 12.5. The fourth-order valence-electron chi connectivity index (χ4n) is 3.51. The van der Waals surface area contributed by atoms with E-state index in [9.17, 15) is 18.0 Å². The number of hydrogen-bond acceptors (Lipinski definition) is 7. The van der Waals surface area contributed by atoms with Crippen LogP contribution in [0.3, 0.4) is 0 Å². The summed E-state index contributed by atoms with van der Waals surface area (Å²) in [5.74, 6) is -1.23. The quantitative estimate of drug-likeness (QED) is 0.462. The van der Waals surface area contributed by atoms with Crippen LogP contribution < -0.4 is 14.9 Å². The van der Waals surface area contributed by atoms with E-state index < -0.39 is 28.5 Å². The molecule has 0 radical (unpaired) electrons. The average Bonchev–Trinajstić information content (AvgIpc) is 2.89. The summed E-state index contributed by atoms with van der Waals surface area (Å²) in [6, 6.07) is 21.1. The molecule has 0 aromatic heterocycles. The van der Waals surface area contributed by atoms with Gasteiger partial charge in [-0.3, -0.25) is 9.52 Å². The highest BCUT2D eigenvalue weighted by Crippen LogP contribution is 2.20. The van der Waals surface area contributed by atoms with Gasteiger partial charge in [0.2, 0.25) is 0 Å². The maximum absolute atomic E-state index is 12.5. The highest BCUT2D eigenvalue weighted by molar-refractivity contribution is 7.92. The van der Waals surface area contributed by atoms with Gasteiger partial charge in [-0.05, 0) is 54.6 Å². The van der Waals surface area contributed by atoms with Crippen molar-refractivity contribution in [2.45, 2.75) is 4.90 Å². The van der Waals surface area contributed by atoms with Crippen molar-refractivity contribution in [2.24, 2.45) is 0 Å². The van der Waals surface area contributed by atoms with E-state index in [1.165, 1.54) is 36.4 Å². The van der Waals surface area contributed by atoms with Crippen molar-refractivity contribution >= 4 is 39.0 Å². The third-order valence-corrected chi connectivity index (χ3v) is 6.66. The molecule has 0 spiro atoms. The molecular weight excluding hydrogens is 470 g/mol. The molecule has 0 aliphatic carbocycles. The molecule has 35 heavy (non-hydrogen) atoms. The Kier molecular flexibility index (Phi) is 7.64. The molecule has 4 rings (SSSR count). The minimum Gasteiger partial charge on any atom is -0.452 e. The first kappa shape index (κ1) is 24.2. The molecular formula is C25H25N3O6S. The van der Waals surface area contributed by atoms with Crippen LogP contribution in [0, 0.1) is 0 Å². The van der Waals surface area contributed by atoms with Crippen LogP contribution in [0.15, 0.2) is 83.8 Å². The lowest BCUT2D eigenvalue weighted by atomic mass is 10.2. The fourth-order valence-corrected chi connectivity index (χ4v) is 4.58. The molecule has 3 aromatic carbocycles. The standard InChI is InChI=1S/C25H25N3O6S/c29-24(26-20-9-11-22(12-10-20)28-13-15-33-16-14-28)18-34-25(30)19-5-4-6-21(17-19)27-35(31,32)23-7-2-1-3-8-23/h1-12,17,27H,13-16,18H2,(H,26,29). The Balaban J connectivity index is 1.30. The monoisotopic (exact) mass is 495 g/mol. The normalized spacial score (nSPS) is 13.7. The Hall–Kier alpha value is -3.89. The Morgan fingerprint density at radius 2 is 1.60 bits per heavy atom. The Morgan fingerprint density at radius 1 is 0.886 bits per heavy atom. The first-order valence-electron chi connectivity index (χ1n) is 11.0. The van der Waals surface area contributed by atoms with E-state index in [0.717, 1.165) is 18.8 Å². The second-order valence-electron chi connectivity index (χ2n) is 7.77. The van der Waals surface area contributed by atoms with Crippen LogP contribution in [0.2, 0.25) is 0 Å². The predicted molar refractivity (Wildman–Crippen MR) is 132 cm³/mol. The second-order valence-corrected chi connectivity index (χ2v) is 9.45. The van der Waals surface area contributed by atoms with Gasteiger partial charge in [-0.15, -0.1) is 0 Å². The van der Waals surface area contributed by atoms with E-state index in [2.05, 4.69) is 14.9 Å². The molecule has 0 atom stereocenters. The van der Waals surface area contributed by atoms with Gasteiger partial charge in [-0.1, -0.05) is 24.3 Å². The number of nitrogens with one attached hydrogen (secondary N) is 2. The summed E-state index contributed by atoms with van der Waals surface area (Å²) in [4.78, 5) is 27.0. The Bertz CT molecular complexity index is 1270. The van der Waals surface area contributed by atoms with Crippen LogP contribution in [0.25, 0.3) is 0 Å². The van der Waals surface area contributed by atoms with Crippen LogP contribution in [-0.2, 0) is 24.3 Å². The zero-order valence-corrected chi connectivity index (χ0v) is 19.7. The molecule has 1 saturated heterocycles. The maximum atomic E-state index is 12.5. The molecule has 1 aliphatic heterocycles. The molecule has 1 heterocycles. The average molecular weight is 496 g/mol. The van der Waals surface area contributed by atoms with Gasteiger partial charge in [0.15, 0.2) is 6.61 Å². The molecule has 0 bridgehead atoms. The number of ether oxygens (including phenoxy) is 2. The van der Waals surface area contributed by atoms with Gasteiger partial charge in [0.1, 0.15) is 0 Å². The van der Waals surface area contributed by atoms with Gasteiger partial charge in [0.25, 0.3) is 15.9 Å². The third-order valence-electron chi connectivity index (χ3n) is 5.27. The van der Waals surface area contributed by atoms with Crippen LogP contribution in [-0.4, -0.2) is 53.2 Å². The predicted octanol–water partition coefficient (Wildman–Crippen LogP) is 3.12. The van der Waals surface area contributed by atoms with E-state index in [-0.39, 0.29) is 16.1 Å². The molecule has 0 unspecified atom stereocenters. The molecule has 3 aromatic rings. The first-order chi connectivity index (χ1) is 16.9. The highest BCUT2D eigenvalue weighted by Gasteiger charge is 2.16.